The van der Waals surface area contributed by atoms with Crippen molar-refractivity contribution in [3.05, 3.63) is 0 Å². The van der Waals surface area contributed by atoms with Gasteiger partial charge in [-0.05, 0) is 13.8 Å². The van der Waals surface area contributed by atoms with Gasteiger partial charge in [0.15, 0.2) is 0 Å². The van der Waals surface area contributed by atoms with Crippen LogP contribution in [0.4, 0.5) is 0 Å². The van der Waals surface area contributed by atoms with E-state index in [9.17, 15) is 0 Å². The fourth-order valence-electron chi connectivity index (χ4n) is 0.559. The first-order valence-corrected chi connectivity index (χ1v) is 3.62. The van der Waals surface area contributed by atoms with Crippen molar-refractivity contribution in [3.8, 4) is 0 Å². The highest BCUT2D eigenvalue weighted by Gasteiger charge is 2.07. The topological polar surface area (TPSA) is 23.5 Å². The van der Waals surface area contributed by atoms with Crippen LogP contribution < -0.4 is 0 Å². The summed E-state index contributed by atoms with van der Waals surface area (Å²) >= 11 is 8.63. The number of aliphatic hydroxyl groups excluding tert-OH is 1. The number of thiol groups is 1. The second-order valence-corrected chi connectivity index (χ2v) is 2.81. The SMILES string of the molecule is CCN(C(=S)S)C(C)O. The maximum atomic E-state index is 8.97. The molecule has 2 nitrogen and oxygen atoms in total. The average Bonchev–Trinajstić information content (AvgIpc) is 1.64. The summed E-state index contributed by atoms with van der Waals surface area (Å²) in [6.07, 6.45) is -0.528. The van der Waals surface area contributed by atoms with Gasteiger partial charge in [-0.15, -0.1) is 12.6 Å². The van der Waals surface area contributed by atoms with E-state index in [1.54, 1.807) is 11.8 Å². The number of nitrogens with zero attached hydrogens (tertiary/aromatic N) is 1. The van der Waals surface area contributed by atoms with Crippen LogP contribution >= 0.6 is 24.8 Å². The standard InChI is InChI=1S/C5H11NOS2/c1-3-6(4(2)7)5(8)9/h4,7H,3H2,1-2H3,(H,8,9). The Kier molecular flexibility index (Phi) is 4.18. The van der Waals surface area contributed by atoms with Crippen LogP contribution in [0.5, 0.6) is 0 Å². The Balaban J connectivity index is 3.83. The second-order valence-electron chi connectivity index (χ2n) is 1.70. The lowest BCUT2D eigenvalue weighted by Crippen LogP contribution is -2.34. The third-order valence-electron chi connectivity index (χ3n) is 1.04. The molecule has 0 aromatic heterocycles. The van der Waals surface area contributed by atoms with Crippen molar-refractivity contribution in [1.29, 1.82) is 0 Å². The summed E-state index contributed by atoms with van der Waals surface area (Å²) in [7, 11) is 0. The van der Waals surface area contributed by atoms with Crippen molar-refractivity contribution in [1.82, 2.24) is 4.90 Å². The fraction of sp³-hybridized carbons (Fsp3) is 0.800. The van der Waals surface area contributed by atoms with Gasteiger partial charge in [-0.25, -0.2) is 0 Å². The third kappa shape index (κ3) is 3.03. The largest absolute Gasteiger partial charge is 0.374 e. The number of hydrogen-bond acceptors (Lipinski definition) is 2. The number of hydrogen-bond donors (Lipinski definition) is 2. The molecule has 0 bridgehead atoms. The summed E-state index contributed by atoms with van der Waals surface area (Å²) in [6, 6.07) is 0. The Hall–Kier alpha value is 0.200. The highest BCUT2D eigenvalue weighted by atomic mass is 32.1. The first-order chi connectivity index (χ1) is 4.09. The molecule has 0 spiro atoms. The van der Waals surface area contributed by atoms with Gasteiger partial charge < -0.3 is 10.0 Å². The molecule has 0 radical (unpaired) electrons. The first kappa shape index (κ1) is 9.20. The van der Waals surface area contributed by atoms with Crippen LogP contribution in [-0.2, 0) is 0 Å². The van der Waals surface area contributed by atoms with E-state index in [1.165, 1.54) is 0 Å². The number of thiocarbonyl (C=S) groups is 1. The molecule has 0 aromatic rings. The van der Waals surface area contributed by atoms with Gasteiger partial charge in [0, 0.05) is 6.54 Å². The molecule has 1 atom stereocenters. The Morgan fingerprint density at radius 1 is 1.89 bits per heavy atom. The van der Waals surface area contributed by atoms with Gasteiger partial charge in [-0.1, -0.05) is 12.2 Å². The molecule has 0 heterocycles. The van der Waals surface area contributed by atoms with Crippen molar-refractivity contribution in [2.24, 2.45) is 0 Å². The Morgan fingerprint density at radius 2 is 2.33 bits per heavy atom. The molecular formula is C5H11NOS2. The average molecular weight is 165 g/mol. The monoisotopic (exact) mass is 165 g/mol. The molecule has 1 unspecified atom stereocenters. The second kappa shape index (κ2) is 4.09. The zero-order valence-electron chi connectivity index (χ0n) is 5.53. The summed E-state index contributed by atoms with van der Waals surface area (Å²) in [5, 5.41) is 8.97. The summed E-state index contributed by atoms with van der Waals surface area (Å²) < 4.78 is 0.438. The predicted octanol–water partition coefficient (Wildman–Crippen LogP) is 0.861. The van der Waals surface area contributed by atoms with Gasteiger partial charge in [-0.2, -0.15) is 0 Å². The molecule has 1 N–H and O–H groups in total. The number of aliphatic hydroxyl groups is 1. The number of rotatable bonds is 2. The minimum atomic E-state index is -0.528. The molecule has 0 aliphatic rings. The fourth-order valence-corrected chi connectivity index (χ4v) is 1.15. The zero-order valence-corrected chi connectivity index (χ0v) is 7.25. The lowest BCUT2D eigenvalue weighted by Gasteiger charge is -2.23. The quantitative estimate of drug-likeness (QED) is 0.360. The van der Waals surface area contributed by atoms with Crippen molar-refractivity contribution in [3.63, 3.8) is 0 Å². The van der Waals surface area contributed by atoms with Crippen molar-refractivity contribution in [2.45, 2.75) is 20.1 Å². The van der Waals surface area contributed by atoms with E-state index in [0.717, 1.165) is 0 Å². The lowest BCUT2D eigenvalue weighted by atomic mass is 10.5. The third-order valence-corrected chi connectivity index (χ3v) is 1.53. The van der Waals surface area contributed by atoms with Gasteiger partial charge in [0.05, 0.1) is 0 Å². The van der Waals surface area contributed by atoms with Crippen molar-refractivity contribution >= 4 is 29.2 Å². The van der Waals surface area contributed by atoms with Crippen LogP contribution in [-0.4, -0.2) is 27.1 Å². The minimum Gasteiger partial charge on any atom is -0.374 e. The minimum absolute atomic E-state index is 0.438. The molecule has 0 aliphatic carbocycles. The summed E-state index contributed by atoms with van der Waals surface area (Å²) in [5.41, 5.74) is 0. The molecule has 0 amide bonds. The van der Waals surface area contributed by atoms with Crippen LogP contribution in [0, 0.1) is 0 Å². The van der Waals surface area contributed by atoms with E-state index in [1.807, 2.05) is 6.92 Å². The molecule has 0 fully saturated rings. The van der Waals surface area contributed by atoms with Crippen LogP contribution in [0.25, 0.3) is 0 Å². The molecule has 0 rings (SSSR count). The molecule has 9 heavy (non-hydrogen) atoms. The molecular weight excluding hydrogens is 154 g/mol. The van der Waals surface area contributed by atoms with Crippen LogP contribution in [0.2, 0.25) is 0 Å². The molecule has 0 saturated carbocycles. The maximum Gasteiger partial charge on any atom is 0.135 e. The highest BCUT2D eigenvalue weighted by molar-refractivity contribution is 8.10. The summed E-state index contributed by atoms with van der Waals surface area (Å²) in [6.45, 7) is 4.27. The predicted molar refractivity (Wildman–Crippen MR) is 45.6 cm³/mol. The Morgan fingerprint density at radius 3 is 2.33 bits per heavy atom. The van der Waals surface area contributed by atoms with E-state index >= 15 is 0 Å². The van der Waals surface area contributed by atoms with Gasteiger partial charge in [0.1, 0.15) is 10.5 Å². The van der Waals surface area contributed by atoms with E-state index in [0.29, 0.717) is 10.9 Å². The van der Waals surface area contributed by atoms with E-state index in [4.69, 9.17) is 17.3 Å². The van der Waals surface area contributed by atoms with Crippen molar-refractivity contribution < 1.29 is 5.11 Å². The van der Waals surface area contributed by atoms with Gasteiger partial charge in [0.2, 0.25) is 0 Å². The molecule has 54 valence electrons. The van der Waals surface area contributed by atoms with Gasteiger partial charge in [-0.3, -0.25) is 0 Å². The smallest absolute Gasteiger partial charge is 0.135 e. The van der Waals surface area contributed by atoms with E-state index in [2.05, 4.69) is 12.6 Å². The Bertz CT molecular complexity index is 105. The molecule has 0 aromatic carbocycles. The maximum absolute atomic E-state index is 8.97. The van der Waals surface area contributed by atoms with E-state index in [-0.39, 0.29) is 0 Å². The van der Waals surface area contributed by atoms with Crippen LogP contribution in [0.3, 0.4) is 0 Å². The van der Waals surface area contributed by atoms with Crippen LogP contribution in [0.15, 0.2) is 0 Å². The van der Waals surface area contributed by atoms with E-state index < -0.39 is 6.23 Å². The van der Waals surface area contributed by atoms with Gasteiger partial charge in [0.25, 0.3) is 0 Å². The zero-order chi connectivity index (χ0) is 7.44. The highest BCUT2D eigenvalue weighted by Crippen LogP contribution is 1.99. The molecule has 4 heteroatoms. The molecule has 0 aliphatic heterocycles. The van der Waals surface area contributed by atoms with Crippen LogP contribution in [0.1, 0.15) is 13.8 Å². The normalized spacial score (nSPS) is 12.9. The lowest BCUT2D eigenvalue weighted by molar-refractivity contribution is 0.0783. The van der Waals surface area contributed by atoms with Gasteiger partial charge >= 0.3 is 0 Å². The molecule has 0 saturated heterocycles. The first-order valence-electron chi connectivity index (χ1n) is 2.77. The summed E-state index contributed by atoms with van der Waals surface area (Å²) in [4.78, 5) is 1.61. The van der Waals surface area contributed by atoms with Crippen molar-refractivity contribution in [2.75, 3.05) is 6.54 Å². The summed E-state index contributed by atoms with van der Waals surface area (Å²) in [5.74, 6) is 0. The Labute approximate surface area is 66.3 Å².